The fraction of sp³-hybridized carbons (Fsp3) is 0.172. The molecule has 0 aliphatic carbocycles. The van der Waals surface area contributed by atoms with E-state index in [0.29, 0.717) is 34.8 Å². The van der Waals surface area contributed by atoms with E-state index in [0.717, 1.165) is 22.4 Å². The number of benzene rings is 3. The number of nitrogens with zero attached hydrogens (tertiary/aromatic N) is 1. The molecule has 1 aliphatic heterocycles. The van der Waals surface area contributed by atoms with Gasteiger partial charge in [-0.25, -0.2) is 9.69 Å². The van der Waals surface area contributed by atoms with Gasteiger partial charge in [0.05, 0.1) is 17.9 Å². The van der Waals surface area contributed by atoms with Gasteiger partial charge in [0.15, 0.2) is 0 Å². The highest BCUT2D eigenvalue weighted by Crippen LogP contribution is 2.31. The molecule has 0 spiro atoms. The van der Waals surface area contributed by atoms with Crippen molar-refractivity contribution in [3.63, 3.8) is 0 Å². The Balaban J connectivity index is 1.41. The molecule has 38 heavy (non-hydrogen) atoms. The van der Waals surface area contributed by atoms with E-state index >= 15 is 0 Å². The van der Waals surface area contributed by atoms with Crippen molar-refractivity contribution in [1.82, 2.24) is 0 Å². The van der Waals surface area contributed by atoms with E-state index in [4.69, 9.17) is 16.3 Å². The maximum Gasteiger partial charge on any atom is 0.338 e. The summed E-state index contributed by atoms with van der Waals surface area (Å²) in [5, 5.41) is 5.46. The van der Waals surface area contributed by atoms with Crippen LogP contribution in [0.2, 0.25) is 0 Å². The van der Waals surface area contributed by atoms with Crippen LogP contribution in [0.3, 0.4) is 0 Å². The van der Waals surface area contributed by atoms with Crippen LogP contribution in [0.25, 0.3) is 0 Å². The second kappa shape index (κ2) is 11.3. The lowest BCUT2D eigenvalue weighted by atomic mass is 10.1. The molecule has 2 N–H and O–H groups in total. The molecule has 3 aromatic carbocycles. The highest BCUT2D eigenvalue weighted by molar-refractivity contribution is 6.53. The number of hydrogen-bond acceptors (Lipinski definition) is 6. The Morgan fingerprint density at radius 1 is 0.842 bits per heavy atom. The van der Waals surface area contributed by atoms with Crippen molar-refractivity contribution in [3.8, 4) is 0 Å². The average molecular weight is 532 g/mol. The van der Waals surface area contributed by atoms with E-state index in [9.17, 15) is 19.2 Å². The van der Waals surface area contributed by atoms with Crippen LogP contribution >= 0.6 is 11.6 Å². The minimum atomic E-state index is -0.608. The molecule has 3 aromatic rings. The Morgan fingerprint density at radius 2 is 1.47 bits per heavy atom. The third kappa shape index (κ3) is 5.60. The third-order valence-corrected chi connectivity index (χ3v) is 6.36. The molecule has 0 radical (unpaired) electrons. The maximum absolute atomic E-state index is 13.0. The number of hydrogen-bond donors (Lipinski definition) is 2. The molecule has 0 atom stereocenters. The quantitative estimate of drug-likeness (QED) is 0.291. The zero-order valence-corrected chi connectivity index (χ0v) is 21.9. The van der Waals surface area contributed by atoms with Crippen LogP contribution in [-0.2, 0) is 14.3 Å². The number of aryl methyl sites for hydroxylation is 2. The number of anilines is 3. The Kier molecular flexibility index (Phi) is 7.93. The molecule has 1 aliphatic rings. The van der Waals surface area contributed by atoms with Gasteiger partial charge in [0.25, 0.3) is 17.7 Å². The first kappa shape index (κ1) is 26.6. The first-order valence-corrected chi connectivity index (χ1v) is 12.4. The molecule has 9 heteroatoms. The molecule has 0 aromatic heterocycles. The van der Waals surface area contributed by atoms with Gasteiger partial charge in [-0.3, -0.25) is 14.4 Å². The topological polar surface area (TPSA) is 105 Å². The number of ether oxygens (including phenoxy) is 1. The summed E-state index contributed by atoms with van der Waals surface area (Å²) < 4.78 is 5.10. The molecule has 8 nitrogen and oxygen atoms in total. The van der Waals surface area contributed by atoms with Crippen molar-refractivity contribution in [1.29, 1.82) is 0 Å². The van der Waals surface area contributed by atoms with Crippen molar-refractivity contribution >= 4 is 52.4 Å². The van der Waals surface area contributed by atoms with Crippen LogP contribution in [-0.4, -0.2) is 30.3 Å². The molecule has 4 rings (SSSR count). The highest BCUT2D eigenvalue weighted by atomic mass is 35.5. The molecule has 194 valence electrons. The SMILES string of the molecule is CCCOC(=O)c1ccc(NC(=O)c2ccc(NC3=C(Cl)C(=O)N(c4ccc(C)c(C)c4)C3=O)cc2)cc1. The zero-order valence-electron chi connectivity index (χ0n) is 21.1. The summed E-state index contributed by atoms with van der Waals surface area (Å²) in [5.74, 6) is -1.94. The molecule has 0 bridgehead atoms. The molecular weight excluding hydrogens is 506 g/mol. The predicted octanol–water partition coefficient (Wildman–Crippen LogP) is 5.56. The van der Waals surface area contributed by atoms with Crippen LogP contribution in [0.15, 0.2) is 77.5 Å². The largest absolute Gasteiger partial charge is 0.462 e. The summed E-state index contributed by atoms with van der Waals surface area (Å²) in [5.41, 5.74) is 4.15. The van der Waals surface area contributed by atoms with Gasteiger partial charge in [-0.1, -0.05) is 24.6 Å². The minimum Gasteiger partial charge on any atom is -0.462 e. The van der Waals surface area contributed by atoms with E-state index < -0.39 is 17.8 Å². The molecule has 0 saturated heterocycles. The Morgan fingerprint density at radius 3 is 2.11 bits per heavy atom. The van der Waals surface area contributed by atoms with Gasteiger partial charge in [0, 0.05) is 16.9 Å². The molecule has 0 unspecified atom stereocenters. The van der Waals surface area contributed by atoms with E-state index in [1.165, 1.54) is 0 Å². The lowest BCUT2D eigenvalue weighted by Crippen LogP contribution is -2.32. The normalized spacial score (nSPS) is 13.1. The number of halogens is 1. The lowest BCUT2D eigenvalue weighted by Gasteiger charge is -2.16. The van der Waals surface area contributed by atoms with Gasteiger partial charge in [-0.15, -0.1) is 0 Å². The fourth-order valence-electron chi connectivity index (χ4n) is 3.73. The van der Waals surface area contributed by atoms with Crippen molar-refractivity contribution in [3.05, 3.63) is 99.7 Å². The number of amides is 3. The lowest BCUT2D eigenvalue weighted by molar-refractivity contribution is -0.120. The summed E-state index contributed by atoms with van der Waals surface area (Å²) in [4.78, 5) is 51.4. The smallest absolute Gasteiger partial charge is 0.338 e. The number of carbonyl (C=O) groups is 4. The number of esters is 1. The van der Waals surface area contributed by atoms with Crippen molar-refractivity contribution in [2.75, 3.05) is 22.1 Å². The van der Waals surface area contributed by atoms with Crippen molar-refractivity contribution in [2.45, 2.75) is 27.2 Å². The van der Waals surface area contributed by atoms with Crippen LogP contribution in [0.5, 0.6) is 0 Å². The summed E-state index contributed by atoms with van der Waals surface area (Å²) in [7, 11) is 0. The van der Waals surface area contributed by atoms with Gasteiger partial charge in [-0.05, 0) is 92.1 Å². The first-order valence-electron chi connectivity index (χ1n) is 12.0. The van der Waals surface area contributed by atoms with E-state index in [-0.39, 0.29) is 16.6 Å². The maximum atomic E-state index is 13.0. The van der Waals surface area contributed by atoms with E-state index in [2.05, 4.69) is 10.6 Å². The van der Waals surface area contributed by atoms with Crippen LogP contribution < -0.4 is 15.5 Å². The molecule has 0 saturated carbocycles. The van der Waals surface area contributed by atoms with Crippen LogP contribution in [0, 0.1) is 13.8 Å². The molecule has 1 heterocycles. The Hall–Kier alpha value is -4.43. The van der Waals surface area contributed by atoms with Crippen molar-refractivity contribution < 1.29 is 23.9 Å². The van der Waals surface area contributed by atoms with E-state index in [1.54, 1.807) is 60.7 Å². The van der Waals surface area contributed by atoms with Crippen molar-refractivity contribution in [2.24, 2.45) is 0 Å². The number of imide groups is 1. The summed E-state index contributed by atoms with van der Waals surface area (Å²) in [6.45, 7) is 6.10. The Labute approximate surface area is 225 Å². The fourth-order valence-corrected chi connectivity index (χ4v) is 3.94. The average Bonchev–Trinajstić information content (AvgIpc) is 3.12. The van der Waals surface area contributed by atoms with Gasteiger partial charge < -0.3 is 15.4 Å². The summed E-state index contributed by atoms with van der Waals surface area (Å²) >= 11 is 6.23. The molecule has 3 amide bonds. The number of rotatable bonds is 8. The second-order valence-corrected chi connectivity index (χ2v) is 9.15. The third-order valence-electron chi connectivity index (χ3n) is 6.01. The first-order chi connectivity index (χ1) is 18.2. The van der Waals surface area contributed by atoms with Gasteiger partial charge in [-0.2, -0.15) is 0 Å². The van der Waals surface area contributed by atoms with E-state index in [1.807, 2.05) is 26.8 Å². The minimum absolute atomic E-state index is 0.0374. The predicted molar refractivity (Wildman–Crippen MR) is 146 cm³/mol. The standard InChI is InChI=1S/C29H26ClN3O5/c1-4-15-38-29(37)20-8-12-22(13-9-20)32-26(34)19-6-10-21(11-7-19)31-25-24(30)27(35)33(28(25)36)23-14-5-17(2)18(3)16-23/h5-14,16,31H,4,15H2,1-3H3,(H,32,34). The molecule has 0 fully saturated rings. The highest BCUT2D eigenvalue weighted by Gasteiger charge is 2.39. The van der Waals surface area contributed by atoms with Gasteiger partial charge >= 0.3 is 5.97 Å². The summed E-state index contributed by atoms with van der Waals surface area (Å²) in [6, 6.07) is 18.1. The van der Waals surface area contributed by atoms with Gasteiger partial charge in [0.1, 0.15) is 10.7 Å². The number of carbonyl (C=O) groups excluding carboxylic acids is 4. The zero-order chi connectivity index (χ0) is 27.4. The van der Waals surface area contributed by atoms with Gasteiger partial charge in [0.2, 0.25) is 0 Å². The number of nitrogens with one attached hydrogen (secondary N) is 2. The summed E-state index contributed by atoms with van der Waals surface area (Å²) in [6.07, 6.45) is 0.735. The van der Waals surface area contributed by atoms with Crippen LogP contribution in [0.4, 0.5) is 17.1 Å². The molecular formula is C29H26ClN3O5. The van der Waals surface area contributed by atoms with Crippen LogP contribution in [0.1, 0.15) is 45.2 Å². The second-order valence-electron chi connectivity index (χ2n) is 8.77. The Bertz CT molecular complexity index is 1450. The monoisotopic (exact) mass is 531 g/mol.